The van der Waals surface area contributed by atoms with Crippen LogP contribution < -0.4 is 9.47 Å². The lowest BCUT2D eigenvalue weighted by atomic mass is 9.86. The molecule has 0 heterocycles. The molecule has 0 spiro atoms. The maximum atomic E-state index is 11.5. The highest BCUT2D eigenvalue weighted by Crippen LogP contribution is 2.38. The average molecular weight is 438 g/mol. The molecule has 1 saturated carbocycles. The van der Waals surface area contributed by atoms with E-state index in [1.165, 1.54) is 26.4 Å². The van der Waals surface area contributed by atoms with Crippen LogP contribution in [0.3, 0.4) is 0 Å². The minimum atomic E-state index is -1.20. The number of rotatable bonds is 9. The third-order valence-corrected chi connectivity index (χ3v) is 5.27. The molecule has 0 atom stereocenters. The van der Waals surface area contributed by atoms with Crippen LogP contribution in [0.2, 0.25) is 10.0 Å². The number of nitrogens with zero attached hydrogens (tertiary/aromatic N) is 1. The fraction of sp³-hybridized carbons (Fsp3) is 0.333. The second-order valence-electron chi connectivity index (χ2n) is 6.70. The number of carboxylic acid groups (broad SMARTS) is 1. The van der Waals surface area contributed by atoms with Crippen LogP contribution in [0.4, 0.5) is 0 Å². The smallest absolute Gasteiger partial charge is 0.358 e. The van der Waals surface area contributed by atoms with E-state index < -0.39 is 5.97 Å². The zero-order valence-corrected chi connectivity index (χ0v) is 17.4. The number of ether oxygens (including phenoxy) is 2. The minimum absolute atomic E-state index is 0.0983. The summed E-state index contributed by atoms with van der Waals surface area (Å²) in [4.78, 5) is 16.1. The number of halogens is 2. The maximum absolute atomic E-state index is 11.5. The highest BCUT2D eigenvalue weighted by molar-refractivity contribution is 6.42. The molecule has 0 saturated heterocycles. The first kappa shape index (κ1) is 21.3. The summed E-state index contributed by atoms with van der Waals surface area (Å²) in [6, 6.07) is 10.2. The fourth-order valence-corrected chi connectivity index (χ4v) is 3.53. The fourth-order valence-electron chi connectivity index (χ4n) is 2.95. The predicted molar refractivity (Wildman–Crippen MR) is 111 cm³/mol. The van der Waals surface area contributed by atoms with Crippen molar-refractivity contribution in [3.8, 4) is 11.5 Å². The van der Waals surface area contributed by atoms with E-state index in [2.05, 4.69) is 9.99 Å². The molecule has 8 heteroatoms. The molecule has 154 valence electrons. The van der Waals surface area contributed by atoms with Crippen LogP contribution in [-0.4, -0.2) is 30.5 Å². The average Bonchev–Trinajstić information content (AvgIpc) is 2.65. The van der Waals surface area contributed by atoms with Gasteiger partial charge in [-0.15, -0.1) is 0 Å². The van der Waals surface area contributed by atoms with Crippen LogP contribution >= 0.6 is 23.2 Å². The lowest BCUT2D eigenvalue weighted by Gasteiger charge is -2.25. The van der Waals surface area contributed by atoms with Crippen molar-refractivity contribution in [2.45, 2.75) is 25.9 Å². The third-order valence-electron chi connectivity index (χ3n) is 4.71. The van der Waals surface area contributed by atoms with Gasteiger partial charge in [0.25, 0.3) is 0 Å². The Bertz CT molecular complexity index is 889. The molecule has 0 bridgehead atoms. The van der Waals surface area contributed by atoms with Gasteiger partial charge >= 0.3 is 5.97 Å². The van der Waals surface area contributed by atoms with Gasteiger partial charge in [0.15, 0.2) is 11.5 Å². The van der Waals surface area contributed by atoms with Crippen molar-refractivity contribution < 1.29 is 24.2 Å². The standard InChI is InChI=1S/C21H21Cl2NO5/c1-27-24-19(21(25)26)16-8-3-2-7-14(16)12-28-15-9-17(22)20(18(23)10-15)29-11-13-5-4-6-13/h2-3,7-10,13H,4-6,11-12H2,1H3,(H,25,26). The number of carboxylic acids is 1. The van der Waals surface area contributed by atoms with Gasteiger partial charge in [-0.1, -0.05) is 59.0 Å². The van der Waals surface area contributed by atoms with E-state index >= 15 is 0 Å². The maximum Gasteiger partial charge on any atom is 0.358 e. The normalized spacial score (nSPS) is 14.2. The van der Waals surface area contributed by atoms with Crippen LogP contribution in [0.5, 0.6) is 11.5 Å². The van der Waals surface area contributed by atoms with Crippen molar-refractivity contribution in [1.29, 1.82) is 0 Å². The lowest BCUT2D eigenvalue weighted by molar-refractivity contribution is -0.129. The van der Waals surface area contributed by atoms with E-state index in [-0.39, 0.29) is 12.3 Å². The highest BCUT2D eigenvalue weighted by atomic mass is 35.5. The largest absolute Gasteiger partial charge is 0.490 e. The van der Waals surface area contributed by atoms with E-state index in [1.54, 1.807) is 36.4 Å². The first-order valence-corrected chi connectivity index (χ1v) is 9.92. The van der Waals surface area contributed by atoms with Gasteiger partial charge in [0.05, 0.1) is 16.7 Å². The number of carbonyl (C=O) groups is 1. The van der Waals surface area contributed by atoms with Gasteiger partial charge in [0.1, 0.15) is 19.5 Å². The lowest BCUT2D eigenvalue weighted by Crippen LogP contribution is -2.19. The zero-order valence-electron chi connectivity index (χ0n) is 15.9. The molecule has 0 amide bonds. The number of oxime groups is 1. The van der Waals surface area contributed by atoms with Crippen molar-refractivity contribution in [3.05, 3.63) is 57.6 Å². The molecule has 0 radical (unpaired) electrons. The molecule has 2 aromatic carbocycles. The van der Waals surface area contributed by atoms with Gasteiger partial charge in [-0.05, 0) is 24.3 Å². The second kappa shape index (κ2) is 9.85. The molecule has 2 aromatic rings. The summed E-state index contributed by atoms with van der Waals surface area (Å²) in [5.74, 6) is 0.268. The van der Waals surface area contributed by atoms with Crippen LogP contribution in [0.15, 0.2) is 41.6 Å². The molecular formula is C21H21Cl2NO5. The summed E-state index contributed by atoms with van der Waals surface area (Å²) < 4.78 is 11.6. The molecule has 0 unspecified atom stereocenters. The quantitative estimate of drug-likeness (QED) is 0.431. The van der Waals surface area contributed by atoms with Gasteiger partial charge in [0, 0.05) is 17.7 Å². The van der Waals surface area contributed by atoms with E-state index in [0.29, 0.717) is 45.2 Å². The van der Waals surface area contributed by atoms with E-state index in [1.807, 2.05) is 0 Å². The molecule has 3 rings (SSSR count). The Labute approximate surface area is 179 Å². The van der Waals surface area contributed by atoms with Crippen molar-refractivity contribution >= 4 is 34.9 Å². The molecule has 1 N–H and O–H groups in total. The number of aliphatic carboxylic acids is 1. The Kier molecular flexibility index (Phi) is 7.23. The second-order valence-corrected chi connectivity index (χ2v) is 7.51. The molecule has 1 fully saturated rings. The van der Waals surface area contributed by atoms with Crippen molar-refractivity contribution in [3.63, 3.8) is 0 Å². The summed E-state index contributed by atoms with van der Waals surface area (Å²) in [7, 11) is 1.29. The number of hydrogen-bond donors (Lipinski definition) is 1. The van der Waals surface area contributed by atoms with E-state index in [9.17, 15) is 9.90 Å². The Morgan fingerprint density at radius 2 is 1.86 bits per heavy atom. The summed E-state index contributed by atoms with van der Waals surface area (Å²) in [6.45, 7) is 0.699. The zero-order chi connectivity index (χ0) is 20.8. The Morgan fingerprint density at radius 3 is 2.45 bits per heavy atom. The third kappa shape index (κ3) is 5.34. The summed E-state index contributed by atoms with van der Waals surface area (Å²) in [6.07, 6.45) is 3.57. The van der Waals surface area contributed by atoms with E-state index in [4.69, 9.17) is 32.7 Å². The minimum Gasteiger partial charge on any atom is -0.490 e. The van der Waals surface area contributed by atoms with Crippen molar-refractivity contribution in [2.24, 2.45) is 11.1 Å². The van der Waals surface area contributed by atoms with Gasteiger partial charge in [0.2, 0.25) is 0 Å². The van der Waals surface area contributed by atoms with Gasteiger partial charge in [-0.2, -0.15) is 0 Å². The van der Waals surface area contributed by atoms with Crippen LogP contribution in [0, 0.1) is 5.92 Å². The van der Waals surface area contributed by atoms with Gasteiger partial charge < -0.3 is 19.4 Å². The van der Waals surface area contributed by atoms with Gasteiger partial charge in [-0.3, -0.25) is 0 Å². The molecule has 0 aliphatic heterocycles. The first-order chi connectivity index (χ1) is 14.0. The molecule has 1 aliphatic rings. The van der Waals surface area contributed by atoms with E-state index in [0.717, 1.165) is 0 Å². The monoisotopic (exact) mass is 437 g/mol. The first-order valence-electron chi connectivity index (χ1n) is 9.17. The van der Waals surface area contributed by atoms with Crippen LogP contribution in [-0.2, 0) is 16.2 Å². The Balaban J connectivity index is 1.73. The Morgan fingerprint density at radius 1 is 1.17 bits per heavy atom. The van der Waals surface area contributed by atoms with Crippen molar-refractivity contribution in [1.82, 2.24) is 0 Å². The van der Waals surface area contributed by atoms with Crippen molar-refractivity contribution in [2.75, 3.05) is 13.7 Å². The topological polar surface area (TPSA) is 77.4 Å². The predicted octanol–water partition coefficient (Wildman–Crippen LogP) is 5.19. The molecular weight excluding hydrogens is 417 g/mol. The van der Waals surface area contributed by atoms with Crippen LogP contribution in [0.25, 0.3) is 0 Å². The highest BCUT2D eigenvalue weighted by Gasteiger charge is 2.20. The summed E-state index contributed by atoms with van der Waals surface area (Å²) >= 11 is 12.6. The SMILES string of the molecule is CON=C(C(=O)O)c1ccccc1COc1cc(Cl)c(OCC2CCC2)c(Cl)c1. The number of hydrogen-bond acceptors (Lipinski definition) is 5. The van der Waals surface area contributed by atoms with Crippen LogP contribution in [0.1, 0.15) is 30.4 Å². The number of benzene rings is 2. The Hall–Kier alpha value is -2.44. The summed E-state index contributed by atoms with van der Waals surface area (Å²) in [5.41, 5.74) is 0.824. The molecule has 0 aromatic heterocycles. The molecule has 1 aliphatic carbocycles. The molecule has 6 nitrogen and oxygen atoms in total. The van der Waals surface area contributed by atoms with Gasteiger partial charge in [-0.25, -0.2) is 4.79 Å². The molecule has 29 heavy (non-hydrogen) atoms. The summed E-state index contributed by atoms with van der Waals surface area (Å²) in [5, 5.41) is 13.7.